The van der Waals surface area contributed by atoms with Gasteiger partial charge in [-0.1, -0.05) is 42.5 Å². The number of benzene rings is 2. The number of para-hydroxylation sites is 1. The normalized spacial score (nSPS) is 17.5. The second-order valence-corrected chi connectivity index (χ2v) is 6.07. The Labute approximate surface area is 157 Å². The quantitative estimate of drug-likeness (QED) is 0.840. The van der Waals surface area contributed by atoms with Crippen LogP contribution in [0.1, 0.15) is 24.4 Å². The van der Waals surface area contributed by atoms with E-state index in [0.29, 0.717) is 13.0 Å². The van der Waals surface area contributed by atoms with Crippen molar-refractivity contribution in [2.24, 2.45) is 5.73 Å². The van der Waals surface area contributed by atoms with E-state index in [2.05, 4.69) is 5.32 Å². The van der Waals surface area contributed by atoms with Crippen LogP contribution >= 0.6 is 12.4 Å². The highest BCUT2D eigenvalue weighted by atomic mass is 35.5. The molecule has 7 heteroatoms. The van der Waals surface area contributed by atoms with Gasteiger partial charge in [-0.25, -0.2) is 4.39 Å². The lowest BCUT2D eigenvalue weighted by molar-refractivity contribution is -0.126. The molecule has 1 aliphatic heterocycles. The molecule has 0 spiro atoms. The second-order valence-electron chi connectivity index (χ2n) is 6.07. The lowest BCUT2D eigenvalue weighted by atomic mass is 10.0. The number of hydrogen-bond donors (Lipinski definition) is 2. The van der Waals surface area contributed by atoms with Gasteiger partial charge in [0.05, 0.1) is 5.69 Å². The van der Waals surface area contributed by atoms with Gasteiger partial charge in [-0.2, -0.15) is 0 Å². The van der Waals surface area contributed by atoms with Crippen molar-refractivity contribution in [3.05, 3.63) is 66.0 Å². The van der Waals surface area contributed by atoms with E-state index >= 15 is 0 Å². The number of nitrogens with zero attached hydrogens (tertiary/aromatic N) is 1. The minimum absolute atomic E-state index is 0. The van der Waals surface area contributed by atoms with E-state index in [-0.39, 0.29) is 36.3 Å². The monoisotopic (exact) mass is 377 g/mol. The highest BCUT2D eigenvalue weighted by Gasteiger charge is 2.34. The predicted octanol–water partition coefficient (Wildman–Crippen LogP) is 2.56. The number of anilines is 1. The topological polar surface area (TPSA) is 75.4 Å². The third kappa shape index (κ3) is 4.39. The van der Waals surface area contributed by atoms with Crippen LogP contribution in [0.15, 0.2) is 54.6 Å². The van der Waals surface area contributed by atoms with Gasteiger partial charge in [0.2, 0.25) is 11.8 Å². The molecule has 1 heterocycles. The van der Waals surface area contributed by atoms with Crippen molar-refractivity contribution in [2.45, 2.75) is 24.9 Å². The van der Waals surface area contributed by atoms with E-state index in [1.165, 1.54) is 11.0 Å². The van der Waals surface area contributed by atoms with Gasteiger partial charge in [0.15, 0.2) is 0 Å². The Balaban J connectivity index is 0.00000243. The molecule has 0 bridgehead atoms. The van der Waals surface area contributed by atoms with Crippen LogP contribution in [-0.2, 0) is 9.59 Å². The van der Waals surface area contributed by atoms with Gasteiger partial charge < -0.3 is 16.0 Å². The standard InChI is InChI=1S/C19H20FN3O2.ClH/c20-14-8-4-5-9-17(14)23-11-10-16(19(23)25)22-18(24)12-15(21)13-6-2-1-3-7-13;/h1-9,15-16H,10-12,21H2,(H,22,24);1H. The van der Waals surface area contributed by atoms with Gasteiger partial charge in [0.1, 0.15) is 11.9 Å². The van der Waals surface area contributed by atoms with Crippen molar-refractivity contribution in [2.75, 3.05) is 11.4 Å². The van der Waals surface area contributed by atoms with Crippen LogP contribution in [0.2, 0.25) is 0 Å². The maximum atomic E-state index is 13.9. The summed E-state index contributed by atoms with van der Waals surface area (Å²) in [7, 11) is 0. The van der Waals surface area contributed by atoms with E-state index in [1.807, 2.05) is 30.3 Å². The van der Waals surface area contributed by atoms with E-state index in [1.54, 1.807) is 18.2 Å². The molecule has 1 saturated heterocycles. The molecule has 2 aromatic carbocycles. The molecule has 3 N–H and O–H groups in total. The lowest BCUT2D eigenvalue weighted by Crippen LogP contribution is -2.42. The minimum atomic E-state index is -0.643. The Morgan fingerprint density at radius 3 is 2.54 bits per heavy atom. The fourth-order valence-electron chi connectivity index (χ4n) is 2.99. The Bertz CT molecular complexity index is 772. The van der Waals surface area contributed by atoms with Crippen molar-refractivity contribution in [3.63, 3.8) is 0 Å². The molecule has 138 valence electrons. The maximum Gasteiger partial charge on any atom is 0.249 e. The van der Waals surface area contributed by atoms with Crippen molar-refractivity contribution in [3.8, 4) is 0 Å². The van der Waals surface area contributed by atoms with Gasteiger partial charge in [-0.3, -0.25) is 9.59 Å². The third-order valence-electron chi connectivity index (χ3n) is 4.32. The molecule has 1 aliphatic rings. The summed E-state index contributed by atoms with van der Waals surface area (Å²) in [6, 6.07) is 14.4. The summed E-state index contributed by atoms with van der Waals surface area (Å²) < 4.78 is 13.9. The van der Waals surface area contributed by atoms with Crippen LogP contribution in [0.4, 0.5) is 10.1 Å². The van der Waals surface area contributed by atoms with Crippen LogP contribution < -0.4 is 16.0 Å². The molecule has 0 radical (unpaired) electrons. The van der Waals surface area contributed by atoms with E-state index in [9.17, 15) is 14.0 Å². The second kappa shape index (κ2) is 8.78. The summed E-state index contributed by atoms with van der Waals surface area (Å²) in [6.07, 6.45) is 0.535. The molecule has 2 atom stereocenters. The van der Waals surface area contributed by atoms with Crippen molar-refractivity contribution in [1.29, 1.82) is 0 Å². The first kappa shape index (κ1) is 19.9. The van der Waals surface area contributed by atoms with Crippen LogP contribution in [0, 0.1) is 5.82 Å². The molecule has 26 heavy (non-hydrogen) atoms. The average molecular weight is 378 g/mol. The van der Waals surface area contributed by atoms with Gasteiger partial charge in [0, 0.05) is 19.0 Å². The summed E-state index contributed by atoms with van der Waals surface area (Å²) in [5.74, 6) is -1.04. The first-order valence-corrected chi connectivity index (χ1v) is 8.22. The lowest BCUT2D eigenvalue weighted by Gasteiger charge is -2.18. The average Bonchev–Trinajstić information content (AvgIpc) is 2.96. The van der Waals surface area contributed by atoms with Gasteiger partial charge in [-0.05, 0) is 24.1 Å². The molecule has 0 aliphatic carbocycles. The summed E-state index contributed by atoms with van der Waals surface area (Å²) in [5.41, 5.74) is 7.14. The molecular weight excluding hydrogens is 357 g/mol. The minimum Gasteiger partial charge on any atom is -0.344 e. The molecule has 2 unspecified atom stereocenters. The first-order chi connectivity index (χ1) is 12.1. The number of carbonyl (C=O) groups excluding carboxylic acids is 2. The van der Waals surface area contributed by atoms with Crippen LogP contribution in [0.3, 0.4) is 0 Å². The molecule has 2 aromatic rings. The molecule has 3 rings (SSSR count). The zero-order valence-corrected chi connectivity index (χ0v) is 14.9. The Morgan fingerprint density at radius 2 is 1.85 bits per heavy atom. The zero-order valence-electron chi connectivity index (χ0n) is 14.1. The van der Waals surface area contributed by atoms with Gasteiger partial charge >= 0.3 is 0 Å². The molecule has 1 fully saturated rings. The van der Waals surface area contributed by atoms with Crippen LogP contribution in [-0.4, -0.2) is 24.4 Å². The third-order valence-corrected chi connectivity index (χ3v) is 4.32. The van der Waals surface area contributed by atoms with E-state index < -0.39 is 17.9 Å². The molecule has 5 nitrogen and oxygen atoms in total. The number of nitrogens with one attached hydrogen (secondary N) is 1. The van der Waals surface area contributed by atoms with Crippen LogP contribution in [0.5, 0.6) is 0 Å². The zero-order chi connectivity index (χ0) is 17.8. The number of amides is 2. The molecular formula is C19H21ClFN3O2. The van der Waals surface area contributed by atoms with E-state index in [4.69, 9.17) is 5.73 Å². The SMILES string of the molecule is Cl.NC(CC(=O)NC1CCN(c2ccccc2F)C1=O)c1ccccc1. The first-order valence-electron chi connectivity index (χ1n) is 8.22. The Hall–Kier alpha value is -2.44. The smallest absolute Gasteiger partial charge is 0.249 e. The number of halogens is 2. The fraction of sp³-hybridized carbons (Fsp3) is 0.263. The fourth-order valence-corrected chi connectivity index (χ4v) is 2.99. The number of rotatable bonds is 5. The van der Waals surface area contributed by atoms with Gasteiger partial charge in [0.25, 0.3) is 0 Å². The highest BCUT2D eigenvalue weighted by Crippen LogP contribution is 2.24. The molecule has 2 amide bonds. The Kier molecular flexibility index (Phi) is 6.71. The summed E-state index contributed by atoms with van der Waals surface area (Å²) in [5, 5.41) is 2.72. The summed E-state index contributed by atoms with van der Waals surface area (Å²) >= 11 is 0. The van der Waals surface area contributed by atoms with Crippen LogP contribution in [0.25, 0.3) is 0 Å². The predicted molar refractivity (Wildman–Crippen MR) is 101 cm³/mol. The number of carbonyl (C=O) groups is 2. The van der Waals surface area contributed by atoms with Crippen molar-refractivity contribution in [1.82, 2.24) is 5.32 Å². The summed E-state index contributed by atoms with van der Waals surface area (Å²) in [6.45, 7) is 0.370. The van der Waals surface area contributed by atoms with Crippen molar-refractivity contribution >= 4 is 29.9 Å². The number of nitrogens with two attached hydrogens (primary N) is 1. The van der Waals surface area contributed by atoms with Crippen molar-refractivity contribution < 1.29 is 14.0 Å². The highest BCUT2D eigenvalue weighted by molar-refractivity contribution is 6.01. The Morgan fingerprint density at radius 1 is 1.19 bits per heavy atom. The molecule has 0 saturated carbocycles. The van der Waals surface area contributed by atoms with E-state index in [0.717, 1.165) is 5.56 Å². The number of hydrogen-bond acceptors (Lipinski definition) is 3. The maximum absolute atomic E-state index is 13.9. The largest absolute Gasteiger partial charge is 0.344 e. The summed E-state index contributed by atoms with van der Waals surface area (Å²) in [4.78, 5) is 26.0. The molecule has 0 aromatic heterocycles. The van der Waals surface area contributed by atoms with Gasteiger partial charge in [-0.15, -0.1) is 12.4 Å².